The monoisotopic (exact) mass is 300 g/mol. The molecule has 0 amide bonds. The van der Waals surface area contributed by atoms with E-state index >= 15 is 0 Å². The second kappa shape index (κ2) is 6.30. The Morgan fingerprint density at radius 3 is 2.45 bits per heavy atom. The van der Waals surface area contributed by atoms with Gasteiger partial charge in [0.15, 0.2) is 8.32 Å². The molecule has 1 N–H and O–H groups in total. The third kappa shape index (κ3) is 4.99. The third-order valence-electron chi connectivity index (χ3n) is 4.80. The Bertz CT molecular complexity index is 351. The second-order valence-electron chi connectivity index (χ2n) is 7.78. The van der Waals surface area contributed by atoms with Gasteiger partial charge >= 0.3 is 0 Å². The van der Waals surface area contributed by atoms with Crippen molar-refractivity contribution in [3.05, 3.63) is 11.6 Å². The Labute approximate surface area is 125 Å². The predicted molar refractivity (Wildman–Crippen MR) is 86.5 cm³/mol. The highest BCUT2D eigenvalue weighted by molar-refractivity contribution is 6.74. The molecule has 0 saturated carbocycles. The molecule has 1 heterocycles. The van der Waals surface area contributed by atoms with Gasteiger partial charge in [-0.25, -0.2) is 0 Å². The molecule has 1 aliphatic heterocycles. The molecular weight excluding hydrogens is 268 g/mol. The lowest BCUT2D eigenvalue weighted by atomic mass is 9.99. The van der Waals surface area contributed by atoms with Gasteiger partial charge in [-0.3, -0.25) is 0 Å². The summed E-state index contributed by atoms with van der Waals surface area (Å²) in [4.78, 5) is 0. The fourth-order valence-electron chi connectivity index (χ4n) is 1.69. The first-order valence-electron chi connectivity index (χ1n) is 7.59. The topological polar surface area (TPSA) is 42.0 Å². The van der Waals surface area contributed by atoms with Crippen molar-refractivity contribution in [2.45, 2.75) is 77.3 Å². The van der Waals surface area contributed by atoms with E-state index in [2.05, 4.69) is 46.9 Å². The van der Waals surface area contributed by atoms with E-state index in [0.717, 1.165) is 12.8 Å². The number of aliphatic hydroxyl groups is 1. The summed E-state index contributed by atoms with van der Waals surface area (Å²) in [6, 6.07) is 0. The minimum Gasteiger partial charge on any atom is -0.413 e. The minimum absolute atomic E-state index is 0.253. The van der Waals surface area contributed by atoms with Crippen molar-refractivity contribution < 1.29 is 14.3 Å². The Balaban J connectivity index is 2.31. The van der Waals surface area contributed by atoms with Gasteiger partial charge in [-0.05, 0) is 44.8 Å². The molecule has 0 aromatic heterocycles. The summed E-state index contributed by atoms with van der Waals surface area (Å²) in [5.74, 6) is 0. The standard InChI is InChI=1S/C16H32O3Si/c1-13(8-9-14(17)16(5)12-18-16)10-11-19-20(6,7)15(2,3)4/h10,14,17H,8-9,11-12H2,1-7H3/b13-10+/t14-,16+/m1/s1. The first-order valence-corrected chi connectivity index (χ1v) is 10.5. The van der Waals surface area contributed by atoms with Crippen LogP contribution in [0.5, 0.6) is 0 Å². The molecule has 0 aromatic rings. The van der Waals surface area contributed by atoms with Crippen LogP contribution in [-0.2, 0) is 9.16 Å². The quantitative estimate of drug-likeness (QED) is 0.441. The fraction of sp³-hybridized carbons (Fsp3) is 0.875. The van der Waals surface area contributed by atoms with Gasteiger partial charge in [-0.1, -0.05) is 32.4 Å². The van der Waals surface area contributed by atoms with Gasteiger partial charge in [-0.15, -0.1) is 0 Å². The lowest BCUT2D eigenvalue weighted by Gasteiger charge is -2.35. The molecule has 0 radical (unpaired) electrons. The highest BCUT2D eigenvalue weighted by Gasteiger charge is 2.45. The smallest absolute Gasteiger partial charge is 0.192 e. The molecule has 1 fully saturated rings. The summed E-state index contributed by atoms with van der Waals surface area (Å²) in [5.41, 5.74) is 1.00. The van der Waals surface area contributed by atoms with Crippen molar-refractivity contribution in [1.29, 1.82) is 0 Å². The van der Waals surface area contributed by atoms with Crippen molar-refractivity contribution in [1.82, 2.24) is 0 Å². The van der Waals surface area contributed by atoms with Crippen LogP contribution < -0.4 is 0 Å². The largest absolute Gasteiger partial charge is 0.413 e. The highest BCUT2D eigenvalue weighted by atomic mass is 28.4. The van der Waals surface area contributed by atoms with Gasteiger partial charge in [0.1, 0.15) is 5.60 Å². The third-order valence-corrected chi connectivity index (χ3v) is 9.30. The molecule has 20 heavy (non-hydrogen) atoms. The van der Waals surface area contributed by atoms with E-state index in [9.17, 15) is 5.11 Å². The zero-order chi connectivity index (χ0) is 15.6. The summed E-state index contributed by atoms with van der Waals surface area (Å²) in [6.45, 7) is 16.7. The molecule has 3 nitrogen and oxygen atoms in total. The molecule has 4 heteroatoms. The van der Waals surface area contributed by atoms with E-state index in [1.165, 1.54) is 5.57 Å². The van der Waals surface area contributed by atoms with E-state index in [-0.39, 0.29) is 16.7 Å². The lowest BCUT2D eigenvalue weighted by molar-refractivity contribution is 0.0777. The summed E-state index contributed by atoms with van der Waals surface area (Å²) >= 11 is 0. The van der Waals surface area contributed by atoms with Crippen LogP contribution in [0.15, 0.2) is 11.6 Å². The first-order chi connectivity index (χ1) is 8.98. The lowest BCUT2D eigenvalue weighted by Crippen LogP contribution is -2.40. The minimum atomic E-state index is -1.65. The maximum absolute atomic E-state index is 9.98. The molecular formula is C16H32O3Si. The van der Waals surface area contributed by atoms with Gasteiger partial charge in [0, 0.05) is 0 Å². The number of rotatable bonds is 7. The normalized spacial score (nSPS) is 25.7. The molecule has 0 aliphatic carbocycles. The summed E-state index contributed by atoms with van der Waals surface area (Å²) in [5, 5.41) is 10.2. The van der Waals surface area contributed by atoms with Crippen LogP contribution in [0.3, 0.4) is 0 Å². The van der Waals surface area contributed by atoms with Crippen molar-refractivity contribution in [3.8, 4) is 0 Å². The molecule has 1 saturated heterocycles. The SMILES string of the molecule is C/C(=C\CO[Si](C)(C)C(C)(C)C)CC[C@@H](O)[C@]1(C)CO1. The van der Waals surface area contributed by atoms with Crippen LogP contribution in [-0.4, -0.2) is 38.3 Å². The van der Waals surface area contributed by atoms with Crippen molar-refractivity contribution in [2.24, 2.45) is 0 Å². The van der Waals surface area contributed by atoms with E-state index < -0.39 is 8.32 Å². The Morgan fingerprint density at radius 1 is 1.45 bits per heavy atom. The van der Waals surface area contributed by atoms with Gasteiger partial charge < -0.3 is 14.3 Å². The summed E-state index contributed by atoms with van der Waals surface area (Å²) in [7, 11) is -1.65. The zero-order valence-electron chi connectivity index (χ0n) is 14.2. The first kappa shape index (κ1) is 17.9. The van der Waals surface area contributed by atoms with Crippen molar-refractivity contribution in [3.63, 3.8) is 0 Å². The van der Waals surface area contributed by atoms with Crippen LogP contribution in [0.1, 0.15) is 47.5 Å². The number of aliphatic hydroxyl groups excluding tert-OH is 1. The fourth-order valence-corrected chi connectivity index (χ4v) is 2.62. The van der Waals surface area contributed by atoms with Crippen LogP contribution >= 0.6 is 0 Å². The van der Waals surface area contributed by atoms with E-state index in [1.807, 2.05) is 6.92 Å². The average molecular weight is 301 g/mol. The van der Waals surface area contributed by atoms with Crippen molar-refractivity contribution >= 4 is 8.32 Å². The molecule has 0 aromatic carbocycles. The van der Waals surface area contributed by atoms with Gasteiger partial charge in [0.05, 0.1) is 19.3 Å². The average Bonchev–Trinajstić information content (AvgIpc) is 3.03. The summed E-state index contributed by atoms with van der Waals surface area (Å²) in [6.07, 6.45) is 3.47. The molecule has 0 bridgehead atoms. The highest BCUT2D eigenvalue weighted by Crippen LogP contribution is 2.36. The zero-order valence-corrected chi connectivity index (χ0v) is 15.2. The Hall–Kier alpha value is -0.163. The Morgan fingerprint density at radius 2 is 2.00 bits per heavy atom. The maximum atomic E-state index is 9.98. The number of hydrogen-bond donors (Lipinski definition) is 1. The van der Waals surface area contributed by atoms with Crippen molar-refractivity contribution in [2.75, 3.05) is 13.2 Å². The van der Waals surface area contributed by atoms with Gasteiger partial charge in [0.25, 0.3) is 0 Å². The van der Waals surface area contributed by atoms with Crippen LogP contribution in [0, 0.1) is 0 Å². The molecule has 1 rings (SSSR count). The summed E-state index contributed by atoms with van der Waals surface area (Å²) < 4.78 is 11.4. The van der Waals surface area contributed by atoms with Crippen LogP contribution in [0.25, 0.3) is 0 Å². The van der Waals surface area contributed by atoms with Crippen LogP contribution in [0.2, 0.25) is 18.1 Å². The van der Waals surface area contributed by atoms with E-state index in [1.54, 1.807) is 0 Å². The van der Waals surface area contributed by atoms with Crippen LogP contribution in [0.4, 0.5) is 0 Å². The number of ether oxygens (including phenoxy) is 1. The molecule has 2 atom stereocenters. The van der Waals surface area contributed by atoms with Gasteiger partial charge in [0.2, 0.25) is 0 Å². The van der Waals surface area contributed by atoms with E-state index in [4.69, 9.17) is 9.16 Å². The second-order valence-corrected chi connectivity index (χ2v) is 12.6. The molecule has 0 unspecified atom stereocenters. The Kier molecular flexibility index (Phi) is 5.64. The van der Waals surface area contributed by atoms with E-state index in [0.29, 0.717) is 13.2 Å². The van der Waals surface area contributed by atoms with Gasteiger partial charge in [-0.2, -0.15) is 0 Å². The number of allylic oxidation sites excluding steroid dienone is 1. The molecule has 118 valence electrons. The molecule has 0 spiro atoms. The number of epoxide rings is 1. The number of hydrogen-bond acceptors (Lipinski definition) is 3. The predicted octanol–water partition coefficient (Wildman–Crippen LogP) is 3.88. The molecule has 1 aliphatic rings. The maximum Gasteiger partial charge on any atom is 0.192 e.